The number of halogens is 1. The number of esters is 1. The predicted octanol–water partition coefficient (Wildman–Crippen LogP) is 0.979. The van der Waals surface area contributed by atoms with E-state index >= 15 is 0 Å². The third-order valence-corrected chi connectivity index (χ3v) is 4.49. The molecule has 0 amide bonds. The monoisotopic (exact) mass is 468 g/mol. The van der Waals surface area contributed by atoms with Crippen molar-refractivity contribution in [1.82, 2.24) is 19.6 Å². The molecule has 0 spiro atoms. The van der Waals surface area contributed by atoms with Gasteiger partial charge in [-0.1, -0.05) is 6.92 Å². The van der Waals surface area contributed by atoms with Crippen molar-refractivity contribution >= 4 is 52.6 Å². The van der Waals surface area contributed by atoms with Gasteiger partial charge in [-0.2, -0.15) is 4.37 Å². The zero-order valence-corrected chi connectivity index (χ0v) is 17.5. The smallest absolute Gasteiger partial charge is 0.307 e. The van der Waals surface area contributed by atoms with Gasteiger partial charge in [0.2, 0.25) is 5.13 Å². The molecule has 0 saturated carbocycles. The minimum atomic E-state index is -0.222. The van der Waals surface area contributed by atoms with E-state index in [9.17, 15) is 4.79 Å². The number of methoxy groups -OCH3 is 1. The Hall–Kier alpha value is -1.17. The molecule has 10 heteroatoms. The van der Waals surface area contributed by atoms with Gasteiger partial charge in [-0.25, -0.2) is 4.98 Å². The van der Waals surface area contributed by atoms with Gasteiger partial charge in [0.25, 0.3) is 0 Å². The molecule has 2 heterocycles. The number of nitrogens with one attached hydrogen (secondary N) is 1. The topological polar surface area (TPSA) is 83.0 Å². The first-order valence-electron chi connectivity index (χ1n) is 7.77. The second kappa shape index (κ2) is 10.6. The molecule has 8 nitrogen and oxygen atoms in total. The Kier molecular flexibility index (Phi) is 9.26. The highest BCUT2D eigenvalue weighted by molar-refractivity contribution is 14.0. The van der Waals surface area contributed by atoms with E-state index in [1.807, 2.05) is 0 Å². The summed E-state index contributed by atoms with van der Waals surface area (Å²) >= 11 is 1.46. The van der Waals surface area contributed by atoms with Crippen LogP contribution in [0.15, 0.2) is 4.99 Å². The molecule has 1 aliphatic rings. The van der Waals surface area contributed by atoms with Crippen molar-refractivity contribution in [3.8, 4) is 0 Å². The van der Waals surface area contributed by atoms with E-state index in [2.05, 4.69) is 41.1 Å². The molecular formula is C14H25IN6O2S. The number of anilines is 1. The fourth-order valence-corrected chi connectivity index (χ4v) is 3.14. The highest BCUT2D eigenvalue weighted by Crippen LogP contribution is 2.19. The van der Waals surface area contributed by atoms with Crippen LogP contribution in [0.1, 0.15) is 19.2 Å². The van der Waals surface area contributed by atoms with Gasteiger partial charge in [0.15, 0.2) is 5.96 Å². The zero-order valence-electron chi connectivity index (χ0n) is 14.3. The fourth-order valence-electron chi connectivity index (χ4n) is 2.34. The minimum Gasteiger partial charge on any atom is -0.469 e. The summed E-state index contributed by atoms with van der Waals surface area (Å²) in [6.45, 7) is 6.08. The Morgan fingerprint density at radius 3 is 2.62 bits per heavy atom. The summed E-state index contributed by atoms with van der Waals surface area (Å²) in [6, 6.07) is 0. The first-order chi connectivity index (χ1) is 11.2. The summed E-state index contributed by atoms with van der Waals surface area (Å²) < 4.78 is 8.98. The van der Waals surface area contributed by atoms with Crippen molar-refractivity contribution in [2.45, 2.75) is 19.8 Å². The lowest BCUT2D eigenvalue weighted by Crippen LogP contribution is -2.52. The Morgan fingerprint density at radius 1 is 1.38 bits per heavy atom. The van der Waals surface area contributed by atoms with Crippen LogP contribution in [0.25, 0.3) is 0 Å². The number of ether oxygens (including phenoxy) is 1. The number of carbonyl (C=O) groups excluding carboxylic acids is 1. The summed E-state index contributed by atoms with van der Waals surface area (Å²) in [7, 11) is 3.15. The average molecular weight is 468 g/mol. The average Bonchev–Trinajstić information content (AvgIpc) is 3.08. The van der Waals surface area contributed by atoms with Crippen molar-refractivity contribution in [2.75, 3.05) is 51.8 Å². The first-order valence-corrected chi connectivity index (χ1v) is 8.55. The van der Waals surface area contributed by atoms with Crippen molar-refractivity contribution in [2.24, 2.45) is 4.99 Å². The van der Waals surface area contributed by atoms with E-state index in [4.69, 9.17) is 0 Å². The molecule has 0 atom stereocenters. The van der Waals surface area contributed by atoms with Crippen LogP contribution in [0.2, 0.25) is 0 Å². The minimum absolute atomic E-state index is 0. The van der Waals surface area contributed by atoms with Crippen LogP contribution in [-0.2, 0) is 16.0 Å². The maximum Gasteiger partial charge on any atom is 0.307 e. The van der Waals surface area contributed by atoms with Gasteiger partial charge in [-0.3, -0.25) is 9.79 Å². The van der Waals surface area contributed by atoms with Crippen LogP contribution in [0, 0.1) is 0 Å². The Bertz CT molecular complexity index is 545. The van der Waals surface area contributed by atoms with Crippen LogP contribution >= 0.6 is 35.5 Å². The highest BCUT2D eigenvalue weighted by Gasteiger charge is 2.22. The van der Waals surface area contributed by atoms with Crippen molar-refractivity contribution in [3.05, 3.63) is 5.82 Å². The molecule has 0 bridgehead atoms. The van der Waals surface area contributed by atoms with E-state index in [1.165, 1.54) is 18.6 Å². The normalized spacial score (nSPS) is 15.0. The lowest BCUT2D eigenvalue weighted by Gasteiger charge is -2.36. The standard InChI is InChI=1S/C14H24N6O2S.HI/c1-4-11-17-14(23-18-11)20-9-7-19(8-10-20)13(15-2)16-6-5-12(21)22-3;/h4-10H2,1-3H3,(H,15,16);1H. The van der Waals surface area contributed by atoms with Crippen LogP contribution in [0.3, 0.4) is 0 Å². The molecule has 1 aromatic rings. The summed E-state index contributed by atoms with van der Waals surface area (Å²) in [5.74, 6) is 1.51. The highest BCUT2D eigenvalue weighted by atomic mass is 127. The number of rotatable bonds is 5. The number of carbonyl (C=O) groups is 1. The summed E-state index contributed by atoms with van der Waals surface area (Å²) in [5, 5.41) is 4.20. The third-order valence-electron chi connectivity index (χ3n) is 3.68. The molecule has 0 aromatic carbocycles. The molecule has 0 radical (unpaired) electrons. The van der Waals surface area contributed by atoms with Gasteiger partial charge in [-0.05, 0) is 0 Å². The largest absolute Gasteiger partial charge is 0.469 e. The summed E-state index contributed by atoms with van der Waals surface area (Å²) in [5.41, 5.74) is 0. The van der Waals surface area contributed by atoms with Gasteiger partial charge < -0.3 is 19.9 Å². The third kappa shape index (κ3) is 5.72. The van der Waals surface area contributed by atoms with Crippen LogP contribution in [-0.4, -0.2) is 73.1 Å². The second-order valence-electron chi connectivity index (χ2n) is 5.12. The predicted molar refractivity (Wildman–Crippen MR) is 106 cm³/mol. The lowest BCUT2D eigenvalue weighted by molar-refractivity contribution is -0.140. The van der Waals surface area contributed by atoms with Crippen molar-refractivity contribution in [3.63, 3.8) is 0 Å². The maximum absolute atomic E-state index is 11.2. The Balaban J connectivity index is 0.00000288. The molecule has 1 saturated heterocycles. The van der Waals surface area contributed by atoms with E-state index in [-0.39, 0.29) is 29.9 Å². The van der Waals surface area contributed by atoms with Gasteiger partial charge in [0.05, 0.1) is 13.5 Å². The molecular weight excluding hydrogens is 443 g/mol. The van der Waals surface area contributed by atoms with E-state index in [1.54, 1.807) is 7.05 Å². The number of guanidine groups is 1. The lowest BCUT2D eigenvalue weighted by atomic mass is 10.3. The quantitative estimate of drug-likeness (QED) is 0.299. The molecule has 0 unspecified atom stereocenters. The molecule has 2 rings (SSSR count). The molecule has 1 fully saturated rings. The Morgan fingerprint density at radius 2 is 2.08 bits per heavy atom. The number of aryl methyl sites for hydroxylation is 1. The molecule has 0 aliphatic carbocycles. The Labute approximate surface area is 163 Å². The second-order valence-corrected chi connectivity index (χ2v) is 5.85. The number of nitrogens with zero attached hydrogens (tertiary/aromatic N) is 5. The van der Waals surface area contributed by atoms with Crippen LogP contribution in [0.4, 0.5) is 5.13 Å². The van der Waals surface area contributed by atoms with E-state index in [0.29, 0.717) is 13.0 Å². The van der Waals surface area contributed by atoms with Crippen LogP contribution < -0.4 is 10.2 Å². The molecule has 24 heavy (non-hydrogen) atoms. The fraction of sp³-hybridized carbons (Fsp3) is 0.714. The zero-order chi connectivity index (χ0) is 16.7. The number of aromatic nitrogens is 2. The van der Waals surface area contributed by atoms with Gasteiger partial charge >= 0.3 is 5.97 Å². The molecule has 1 N–H and O–H groups in total. The van der Waals surface area contributed by atoms with Crippen LogP contribution in [0.5, 0.6) is 0 Å². The number of aliphatic imine (C=N–C) groups is 1. The van der Waals surface area contributed by atoms with E-state index in [0.717, 1.165) is 49.5 Å². The van der Waals surface area contributed by atoms with Gasteiger partial charge in [0.1, 0.15) is 5.82 Å². The van der Waals surface area contributed by atoms with Gasteiger partial charge in [-0.15, -0.1) is 24.0 Å². The van der Waals surface area contributed by atoms with Crippen molar-refractivity contribution in [1.29, 1.82) is 0 Å². The number of piperazine rings is 1. The summed E-state index contributed by atoms with van der Waals surface area (Å²) in [6.07, 6.45) is 1.20. The number of hydrogen-bond donors (Lipinski definition) is 1. The molecule has 1 aliphatic heterocycles. The van der Waals surface area contributed by atoms with E-state index < -0.39 is 0 Å². The molecule has 1 aromatic heterocycles. The number of hydrogen-bond acceptors (Lipinski definition) is 7. The van der Waals surface area contributed by atoms with Gasteiger partial charge in [0, 0.05) is 57.7 Å². The van der Waals surface area contributed by atoms with Crippen molar-refractivity contribution < 1.29 is 9.53 Å². The SMILES string of the molecule is CCc1nsc(N2CCN(C(=NC)NCCC(=O)OC)CC2)n1.I. The summed E-state index contributed by atoms with van der Waals surface area (Å²) in [4.78, 5) is 24.4. The maximum atomic E-state index is 11.2. The molecule has 136 valence electrons. The first kappa shape index (κ1) is 20.9.